The number of amides is 1. The van der Waals surface area contributed by atoms with Gasteiger partial charge in [-0.2, -0.15) is 0 Å². The van der Waals surface area contributed by atoms with E-state index in [2.05, 4.69) is 19.2 Å². The van der Waals surface area contributed by atoms with E-state index in [4.69, 9.17) is 0 Å². The van der Waals surface area contributed by atoms with Gasteiger partial charge in [-0.05, 0) is 36.8 Å². The summed E-state index contributed by atoms with van der Waals surface area (Å²) in [6.45, 7) is 4.30. The topological polar surface area (TPSA) is 29.1 Å². The molecular formula is C14H17F2NO. The number of hydrogen-bond donors (Lipinski definition) is 1. The minimum absolute atomic E-state index is 0.0805. The molecule has 2 rings (SSSR count). The lowest BCUT2D eigenvalue weighted by molar-refractivity contribution is 0.0932. The Balaban J connectivity index is 2.04. The van der Waals surface area contributed by atoms with Crippen molar-refractivity contribution in [3.63, 3.8) is 0 Å². The molecule has 4 heteroatoms. The van der Waals surface area contributed by atoms with Gasteiger partial charge in [-0.3, -0.25) is 4.79 Å². The van der Waals surface area contributed by atoms with Crippen LogP contribution in [-0.2, 0) is 0 Å². The number of benzene rings is 1. The molecule has 18 heavy (non-hydrogen) atoms. The second kappa shape index (κ2) is 4.67. The lowest BCUT2D eigenvalue weighted by atomic mass is 9.92. The first-order valence-corrected chi connectivity index (χ1v) is 6.13. The van der Waals surface area contributed by atoms with Crippen LogP contribution in [0.1, 0.15) is 43.5 Å². The van der Waals surface area contributed by atoms with Gasteiger partial charge >= 0.3 is 0 Å². The van der Waals surface area contributed by atoms with Crippen LogP contribution in [-0.4, -0.2) is 11.9 Å². The van der Waals surface area contributed by atoms with E-state index in [1.165, 1.54) is 6.07 Å². The second-order valence-corrected chi connectivity index (χ2v) is 5.70. The Hall–Kier alpha value is -1.45. The minimum Gasteiger partial charge on any atom is -0.349 e. The lowest BCUT2D eigenvalue weighted by Gasteiger charge is -2.18. The predicted molar refractivity (Wildman–Crippen MR) is 65.2 cm³/mol. The van der Waals surface area contributed by atoms with Crippen molar-refractivity contribution in [2.75, 3.05) is 0 Å². The molecule has 1 aliphatic rings. The van der Waals surface area contributed by atoms with Gasteiger partial charge in [0.15, 0.2) is 0 Å². The summed E-state index contributed by atoms with van der Waals surface area (Å²) in [5, 5.41) is 2.81. The maximum Gasteiger partial charge on any atom is 0.254 e. The molecule has 0 heterocycles. The fraction of sp³-hybridized carbons (Fsp3) is 0.500. The van der Waals surface area contributed by atoms with E-state index in [0.717, 1.165) is 31.4 Å². The largest absolute Gasteiger partial charge is 0.349 e. The van der Waals surface area contributed by atoms with Crippen LogP contribution < -0.4 is 5.32 Å². The molecule has 1 fully saturated rings. The maximum atomic E-state index is 13.4. The molecule has 1 amide bonds. The summed E-state index contributed by atoms with van der Waals surface area (Å²) in [5.74, 6) is -1.95. The third kappa shape index (κ3) is 2.86. The number of hydrogen-bond acceptors (Lipinski definition) is 1. The minimum atomic E-state index is -0.815. The Morgan fingerprint density at radius 3 is 2.67 bits per heavy atom. The van der Waals surface area contributed by atoms with Gasteiger partial charge in [0.1, 0.15) is 11.6 Å². The van der Waals surface area contributed by atoms with Crippen molar-refractivity contribution in [2.24, 2.45) is 5.41 Å². The zero-order valence-corrected chi connectivity index (χ0v) is 10.6. The second-order valence-electron chi connectivity index (χ2n) is 5.70. The molecule has 1 saturated carbocycles. The molecule has 2 nitrogen and oxygen atoms in total. The predicted octanol–water partition coefficient (Wildman–Crippen LogP) is 3.27. The van der Waals surface area contributed by atoms with Gasteiger partial charge in [-0.1, -0.05) is 13.8 Å². The van der Waals surface area contributed by atoms with Gasteiger partial charge in [-0.15, -0.1) is 0 Å². The van der Waals surface area contributed by atoms with Crippen molar-refractivity contribution in [3.8, 4) is 0 Å². The first-order valence-electron chi connectivity index (χ1n) is 6.13. The van der Waals surface area contributed by atoms with Gasteiger partial charge in [-0.25, -0.2) is 8.78 Å². The SMILES string of the molecule is CC1(C)CCC(NC(=O)c2ccc(F)cc2F)C1. The monoisotopic (exact) mass is 253 g/mol. The summed E-state index contributed by atoms with van der Waals surface area (Å²) < 4.78 is 26.2. The molecule has 0 spiro atoms. The fourth-order valence-corrected chi connectivity index (χ4v) is 2.50. The Morgan fingerprint density at radius 2 is 2.11 bits per heavy atom. The summed E-state index contributed by atoms with van der Waals surface area (Å²) >= 11 is 0. The highest BCUT2D eigenvalue weighted by Crippen LogP contribution is 2.36. The zero-order chi connectivity index (χ0) is 13.3. The quantitative estimate of drug-likeness (QED) is 0.861. The zero-order valence-electron chi connectivity index (χ0n) is 10.6. The molecule has 1 aliphatic carbocycles. The van der Waals surface area contributed by atoms with Crippen LogP contribution >= 0.6 is 0 Å². The summed E-state index contributed by atoms with van der Waals surface area (Å²) in [4.78, 5) is 11.9. The number of carbonyl (C=O) groups is 1. The molecular weight excluding hydrogens is 236 g/mol. The van der Waals surface area contributed by atoms with Crippen molar-refractivity contribution in [1.82, 2.24) is 5.32 Å². The normalized spacial score (nSPS) is 21.9. The summed E-state index contributed by atoms with van der Waals surface area (Å²) in [7, 11) is 0. The lowest BCUT2D eigenvalue weighted by Crippen LogP contribution is -2.34. The molecule has 1 atom stereocenters. The number of carbonyl (C=O) groups excluding carboxylic acids is 1. The maximum absolute atomic E-state index is 13.4. The van der Waals surface area contributed by atoms with Gasteiger partial charge in [0.25, 0.3) is 5.91 Å². The average Bonchev–Trinajstić information content (AvgIpc) is 2.57. The summed E-state index contributed by atoms with van der Waals surface area (Å²) in [5.41, 5.74) is 0.125. The standard InChI is InChI=1S/C14H17F2NO/c1-14(2)6-5-10(8-14)17-13(18)11-4-3-9(15)7-12(11)16/h3-4,7,10H,5-6,8H2,1-2H3,(H,17,18). The molecule has 98 valence electrons. The average molecular weight is 253 g/mol. The molecule has 1 N–H and O–H groups in total. The van der Waals surface area contributed by atoms with Crippen molar-refractivity contribution in [2.45, 2.75) is 39.2 Å². The number of rotatable bonds is 2. The van der Waals surface area contributed by atoms with Crippen LogP contribution in [0.2, 0.25) is 0 Å². The Labute approximate surface area is 105 Å². The smallest absolute Gasteiger partial charge is 0.254 e. The van der Waals surface area contributed by atoms with E-state index in [1.54, 1.807) is 0 Å². The highest BCUT2D eigenvalue weighted by atomic mass is 19.1. The molecule has 0 saturated heterocycles. The van der Waals surface area contributed by atoms with Crippen LogP contribution in [0.15, 0.2) is 18.2 Å². The van der Waals surface area contributed by atoms with Crippen LogP contribution in [0.25, 0.3) is 0 Å². The van der Waals surface area contributed by atoms with Gasteiger partial charge in [0.2, 0.25) is 0 Å². The van der Waals surface area contributed by atoms with E-state index >= 15 is 0 Å². The van der Waals surface area contributed by atoms with E-state index in [9.17, 15) is 13.6 Å². The van der Waals surface area contributed by atoms with Gasteiger partial charge in [0, 0.05) is 12.1 Å². The van der Waals surface area contributed by atoms with Crippen molar-refractivity contribution >= 4 is 5.91 Å². The Kier molecular flexibility index (Phi) is 3.37. The van der Waals surface area contributed by atoms with E-state index < -0.39 is 17.5 Å². The molecule has 0 aromatic heterocycles. The van der Waals surface area contributed by atoms with Gasteiger partial charge < -0.3 is 5.32 Å². The molecule has 1 unspecified atom stereocenters. The highest BCUT2D eigenvalue weighted by Gasteiger charge is 2.32. The van der Waals surface area contributed by atoms with Crippen LogP contribution in [0.4, 0.5) is 8.78 Å². The summed E-state index contributed by atoms with van der Waals surface area (Å²) in [6.07, 6.45) is 2.84. The third-order valence-electron chi connectivity index (χ3n) is 3.48. The third-order valence-corrected chi connectivity index (χ3v) is 3.48. The molecule has 1 aromatic rings. The molecule has 0 aliphatic heterocycles. The van der Waals surface area contributed by atoms with Gasteiger partial charge in [0.05, 0.1) is 5.56 Å². The number of halogens is 2. The van der Waals surface area contributed by atoms with Crippen molar-refractivity contribution in [3.05, 3.63) is 35.4 Å². The Bertz CT molecular complexity index is 471. The highest BCUT2D eigenvalue weighted by molar-refractivity contribution is 5.94. The molecule has 1 aromatic carbocycles. The van der Waals surface area contributed by atoms with Crippen molar-refractivity contribution < 1.29 is 13.6 Å². The Morgan fingerprint density at radius 1 is 1.39 bits per heavy atom. The van der Waals surface area contributed by atoms with Crippen LogP contribution in [0.5, 0.6) is 0 Å². The van der Waals surface area contributed by atoms with E-state index in [0.29, 0.717) is 0 Å². The fourth-order valence-electron chi connectivity index (χ4n) is 2.50. The van der Waals surface area contributed by atoms with E-state index in [1.807, 2.05) is 0 Å². The van der Waals surface area contributed by atoms with Crippen molar-refractivity contribution in [1.29, 1.82) is 0 Å². The first kappa shape index (κ1) is 13.0. The first-order chi connectivity index (χ1) is 8.37. The molecule has 0 bridgehead atoms. The number of nitrogens with one attached hydrogen (secondary N) is 1. The molecule has 0 radical (unpaired) electrons. The van der Waals surface area contributed by atoms with Crippen LogP contribution in [0, 0.1) is 17.0 Å². The summed E-state index contributed by atoms with van der Waals surface area (Å²) in [6, 6.07) is 3.08. The van der Waals surface area contributed by atoms with Crippen LogP contribution in [0.3, 0.4) is 0 Å². The van der Waals surface area contributed by atoms with E-state index in [-0.39, 0.29) is 17.0 Å².